The fraction of sp³-hybridized carbons (Fsp3) is 0.118. The Morgan fingerprint density at radius 2 is 1.80 bits per heavy atom. The lowest BCUT2D eigenvalue weighted by molar-refractivity contribution is -0.118. The molecule has 0 saturated carbocycles. The van der Waals surface area contributed by atoms with E-state index in [4.69, 9.17) is 0 Å². The van der Waals surface area contributed by atoms with Crippen LogP contribution in [0.15, 0.2) is 54.9 Å². The van der Waals surface area contributed by atoms with Crippen molar-refractivity contribution in [3.05, 3.63) is 66.2 Å². The van der Waals surface area contributed by atoms with Crippen LogP contribution in [-0.4, -0.2) is 28.6 Å². The van der Waals surface area contributed by atoms with Crippen molar-refractivity contribution in [3.8, 4) is 0 Å². The van der Waals surface area contributed by atoms with Crippen molar-refractivity contribution in [2.24, 2.45) is 0 Å². The van der Waals surface area contributed by atoms with Crippen LogP contribution in [0.2, 0.25) is 0 Å². The van der Waals surface area contributed by atoms with Crippen molar-refractivity contribution in [1.82, 2.24) is 9.97 Å². The van der Waals surface area contributed by atoms with E-state index in [0.717, 1.165) is 12.1 Å². The molecule has 25 heavy (non-hydrogen) atoms. The van der Waals surface area contributed by atoms with Crippen LogP contribution in [0.1, 0.15) is 10.4 Å². The molecule has 3 rings (SSSR count). The van der Waals surface area contributed by atoms with Gasteiger partial charge in [0.05, 0.1) is 11.1 Å². The number of benzene rings is 1. The minimum Gasteiger partial charge on any atom is -0.283 e. The minimum absolute atomic E-state index is 0.122. The van der Waals surface area contributed by atoms with E-state index in [1.54, 1.807) is 6.07 Å². The molecule has 1 amide bonds. The van der Waals surface area contributed by atoms with E-state index in [2.05, 4.69) is 9.97 Å². The first-order valence-electron chi connectivity index (χ1n) is 7.19. The third kappa shape index (κ3) is 3.73. The number of amides is 1. The van der Waals surface area contributed by atoms with Crippen LogP contribution in [0.3, 0.4) is 0 Å². The highest BCUT2D eigenvalue weighted by Gasteiger charge is 2.35. The summed E-state index contributed by atoms with van der Waals surface area (Å²) in [5, 5.41) is 0.318. The number of fused-ring (bicyclic) bond motifs is 1. The Balaban J connectivity index is 2.12. The molecule has 0 aliphatic carbocycles. The average Bonchev–Trinajstić information content (AvgIpc) is 2.58. The van der Waals surface area contributed by atoms with E-state index >= 15 is 0 Å². The number of aromatic nitrogens is 2. The van der Waals surface area contributed by atoms with E-state index < -0.39 is 24.4 Å². The van der Waals surface area contributed by atoms with E-state index in [1.165, 1.54) is 36.7 Å². The summed E-state index contributed by atoms with van der Waals surface area (Å²) in [6.45, 7) is -1.55. The number of alkyl halides is 3. The van der Waals surface area contributed by atoms with Gasteiger partial charge >= 0.3 is 6.18 Å². The van der Waals surface area contributed by atoms with E-state index in [1.807, 2.05) is 0 Å². The highest BCUT2D eigenvalue weighted by atomic mass is 19.4. The maximum absolute atomic E-state index is 13.8. The lowest BCUT2D eigenvalue weighted by Gasteiger charge is -2.23. The Labute approximate surface area is 139 Å². The summed E-state index contributed by atoms with van der Waals surface area (Å²) in [6, 6.07) is 9.36. The molecule has 1 aromatic carbocycles. The molecule has 0 aliphatic rings. The normalized spacial score (nSPS) is 11.5. The molecule has 0 unspecified atom stereocenters. The first-order chi connectivity index (χ1) is 11.8. The summed E-state index contributed by atoms with van der Waals surface area (Å²) in [4.78, 5) is 21.0. The zero-order valence-corrected chi connectivity index (χ0v) is 12.7. The minimum atomic E-state index is -4.65. The SMILES string of the molecule is O=C(c1cc(F)cc2cccnc12)N(CC(F)(F)F)c1ccccn1. The number of rotatable bonds is 3. The third-order valence-corrected chi connectivity index (χ3v) is 3.41. The number of hydrogen-bond acceptors (Lipinski definition) is 3. The van der Waals surface area contributed by atoms with Gasteiger partial charge in [0.15, 0.2) is 0 Å². The summed E-state index contributed by atoms with van der Waals surface area (Å²) in [6.07, 6.45) is -2.00. The van der Waals surface area contributed by atoms with Gasteiger partial charge in [0.2, 0.25) is 0 Å². The van der Waals surface area contributed by atoms with Crippen LogP contribution in [0.5, 0.6) is 0 Å². The fourth-order valence-corrected chi connectivity index (χ4v) is 2.41. The predicted molar refractivity (Wildman–Crippen MR) is 83.7 cm³/mol. The van der Waals surface area contributed by atoms with Crippen LogP contribution < -0.4 is 4.90 Å². The third-order valence-electron chi connectivity index (χ3n) is 3.41. The van der Waals surface area contributed by atoms with Gasteiger partial charge in [-0.05, 0) is 30.3 Å². The smallest absolute Gasteiger partial charge is 0.283 e. The molecular formula is C17H11F4N3O. The highest BCUT2D eigenvalue weighted by Crippen LogP contribution is 2.25. The Morgan fingerprint density at radius 3 is 2.48 bits per heavy atom. The standard InChI is InChI=1S/C17H11F4N3O/c18-12-8-11-4-3-7-23-15(11)13(9-12)16(25)24(10-17(19,20)21)14-5-1-2-6-22-14/h1-9H,10H2. The highest BCUT2D eigenvalue weighted by molar-refractivity contribution is 6.12. The number of pyridine rings is 2. The molecule has 4 nitrogen and oxygen atoms in total. The molecule has 0 saturated heterocycles. The van der Waals surface area contributed by atoms with E-state index in [-0.39, 0.29) is 16.9 Å². The molecule has 0 bridgehead atoms. The second-order valence-corrected chi connectivity index (χ2v) is 5.22. The van der Waals surface area contributed by atoms with Crippen LogP contribution in [-0.2, 0) is 0 Å². The number of carbonyl (C=O) groups is 1. The zero-order valence-electron chi connectivity index (χ0n) is 12.7. The van der Waals surface area contributed by atoms with Gasteiger partial charge in [0.1, 0.15) is 18.2 Å². The Morgan fingerprint density at radius 1 is 1.04 bits per heavy atom. The van der Waals surface area contributed by atoms with Crippen molar-refractivity contribution in [2.45, 2.75) is 6.18 Å². The number of halogens is 4. The predicted octanol–water partition coefficient (Wildman–Crippen LogP) is 3.98. The molecule has 2 aromatic heterocycles. The van der Waals surface area contributed by atoms with Gasteiger partial charge in [0.25, 0.3) is 5.91 Å². The lowest BCUT2D eigenvalue weighted by Crippen LogP contribution is -2.39. The Bertz CT molecular complexity index is 913. The molecular weight excluding hydrogens is 338 g/mol. The molecule has 0 fully saturated rings. The topological polar surface area (TPSA) is 46.1 Å². The molecule has 0 atom stereocenters. The van der Waals surface area contributed by atoms with Crippen molar-refractivity contribution in [2.75, 3.05) is 11.4 Å². The van der Waals surface area contributed by atoms with Crippen LogP contribution in [0, 0.1) is 5.82 Å². The first kappa shape index (κ1) is 16.8. The molecule has 0 spiro atoms. The maximum Gasteiger partial charge on any atom is 0.406 e. The largest absolute Gasteiger partial charge is 0.406 e. The molecule has 0 aliphatic heterocycles. The lowest BCUT2D eigenvalue weighted by atomic mass is 10.1. The molecule has 0 N–H and O–H groups in total. The number of carbonyl (C=O) groups excluding carboxylic acids is 1. The molecule has 3 aromatic rings. The van der Waals surface area contributed by atoms with Gasteiger partial charge in [-0.2, -0.15) is 13.2 Å². The second-order valence-electron chi connectivity index (χ2n) is 5.22. The summed E-state index contributed by atoms with van der Waals surface area (Å²) in [5.74, 6) is -1.95. The van der Waals surface area contributed by atoms with E-state index in [9.17, 15) is 22.4 Å². The molecule has 2 heterocycles. The average molecular weight is 349 g/mol. The molecule has 8 heteroatoms. The molecule has 128 valence electrons. The number of anilines is 1. The van der Waals surface area contributed by atoms with Gasteiger partial charge in [-0.25, -0.2) is 9.37 Å². The zero-order chi connectivity index (χ0) is 18.0. The fourth-order valence-electron chi connectivity index (χ4n) is 2.41. The first-order valence-corrected chi connectivity index (χ1v) is 7.19. The van der Waals surface area contributed by atoms with Crippen LogP contribution in [0.4, 0.5) is 23.4 Å². The van der Waals surface area contributed by atoms with Gasteiger partial charge in [-0.15, -0.1) is 0 Å². The maximum atomic E-state index is 13.8. The summed E-state index contributed by atoms with van der Waals surface area (Å²) in [7, 11) is 0. The Hall–Kier alpha value is -3.03. The van der Waals surface area contributed by atoms with Gasteiger partial charge in [-0.3, -0.25) is 14.7 Å². The van der Waals surface area contributed by atoms with Gasteiger partial charge in [0, 0.05) is 17.8 Å². The molecule has 0 radical (unpaired) electrons. The summed E-state index contributed by atoms with van der Waals surface area (Å²) < 4.78 is 52.7. The monoisotopic (exact) mass is 349 g/mol. The van der Waals surface area contributed by atoms with Crippen molar-refractivity contribution in [1.29, 1.82) is 0 Å². The van der Waals surface area contributed by atoms with Crippen molar-refractivity contribution < 1.29 is 22.4 Å². The van der Waals surface area contributed by atoms with Crippen molar-refractivity contribution in [3.63, 3.8) is 0 Å². The number of nitrogens with zero attached hydrogens (tertiary/aromatic N) is 3. The second kappa shape index (κ2) is 6.46. The van der Waals surface area contributed by atoms with Crippen molar-refractivity contribution >= 4 is 22.6 Å². The van der Waals surface area contributed by atoms with Crippen LogP contribution in [0.25, 0.3) is 10.9 Å². The van der Waals surface area contributed by atoms with Gasteiger partial charge < -0.3 is 0 Å². The van der Waals surface area contributed by atoms with Gasteiger partial charge in [-0.1, -0.05) is 12.1 Å². The Kier molecular flexibility index (Phi) is 4.35. The number of hydrogen-bond donors (Lipinski definition) is 0. The van der Waals surface area contributed by atoms with Crippen LogP contribution >= 0.6 is 0 Å². The summed E-state index contributed by atoms with van der Waals surface area (Å²) in [5.41, 5.74) is -0.137. The quantitative estimate of drug-likeness (QED) is 0.672. The summed E-state index contributed by atoms with van der Waals surface area (Å²) >= 11 is 0. The van der Waals surface area contributed by atoms with E-state index in [0.29, 0.717) is 10.3 Å².